The summed E-state index contributed by atoms with van der Waals surface area (Å²) in [7, 11) is 0. The molecule has 2 aromatic heterocycles. The summed E-state index contributed by atoms with van der Waals surface area (Å²) in [6.07, 6.45) is 3.78. The highest BCUT2D eigenvalue weighted by molar-refractivity contribution is 6.27. The second kappa shape index (κ2) is 8.51. The molecule has 190 valence electrons. The number of hydrogen-bond donors (Lipinski definition) is 0. The molecule has 0 radical (unpaired) electrons. The van der Waals surface area contributed by atoms with Gasteiger partial charge in [-0.25, -0.2) is 0 Å². The van der Waals surface area contributed by atoms with Crippen molar-refractivity contribution < 1.29 is 4.42 Å². The van der Waals surface area contributed by atoms with Crippen LogP contribution in [0.3, 0.4) is 0 Å². The van der Waals surface area contributed by atoms with Gasteiger partial charge in [0.15, 0.2) is 0 Å². The molecule has 0 bridgehead atoms. The van der Waals surface area contributed by atoms with Crippen LogP contribution in [0.15, 0.2) is 144 Å². The molecule has 7 aromatic carbocycles. The average molecular weight is 522 g/mol. The number of furan rings is 1. The molecule has 0 unspecified atom stereocenters. The van der Waals surface area contributed by atoms with Gasteiger partial charge in [0.2, 0.25) is 0 Å². The van der Waals surface area contributed by atoms with Crippen LogP contribution in [0.1, 0.15) is 0 Å². The molecule has 2 heterocycles. The van der Waals surface area contributed by atoms with Crippen LogP contribution in [-0.2, 0) is 0 Å². The average Bonchev–Trinajstić information content (AvgIpc) is 3.43. The third kappa shape index (κ3) is 3.28. The zero-order valence-corrected chi connectivity index (χ0v) is 22.1. The first-order valence-corrected chi connectivity index (χ1v) is 14.0. The van der Waals surface area contributed by atoms with Crippen LogP contribution < -0.4 is 0 Å². The summed E-state index contributed by atoms with van der Waals surface area (Å²) in [5, 5.41) is 10.0. The minimum absolute atomic E-state index is 0.923. The smallest absolute Gasteiger partial charge is 0.143 e. The van der Waals surface area contributed by atoms with E-state index in [1.165, 1.54) is 49.0 Å². The number of hydrogen-bond acceptors (Lipinski definition) is 2. The van der Waals surface area contributed by atoms with Crippen molar-refractivity contribution in [2.75, 3.05) is 0 Å². The Kier molecular flexibility index (Phi) is 4.64. The zero-order valence-electron chi connectivity index (χ0n) is 22.1. The molecule has 0 fully saturated rings. The Balaban J connectivity index is 1.21. The van der Waals surface area contributed by atoms with Crippen molar-refractivity contribution in [1.82, 2.24) is 4.98 Å². The quantitative estimate of drug-likeness (QED) is 0.216. The molecule has 0 saturated heterocycles. The van der Waals surface area contributed by atoms with Gasteiger partial charge in [-0.3, -0.25) is 4.98 Å². The molecule has 0 N–H and O–H groups in total. The maximum Gasteiger partial charge on any atom is 0.143 e. The van der Waals surface area contributed by atoms with Gasteiger partial charge in [-0.1, -0.05) is 115 Å². The first-order chi connectivity index (χ1) is 20.3. The van der Waals surface area contributed by atoms with E-state index in [9.17, 15) is 0 Å². The van der Waals surface area contributed by atoms with Gasteiger partial charge in [-0.05, 0) is 66.7 Å². The van der Waals surface area contributed by atoms with Gasteiger partial charge in [-0.2, -0.15) is 0 Å². The van der Waals surface area contributed by atoms with Gasteiger partial charge in [0.25, 0.3) is 0 Å². The van der Waals surface area contributed by atoms with Crippen molar-refractivity contribution in [3.8, 4) is 33.4 Å². The summed E-state index contributed by atoms with van der Waals surface area (Å²) in [4.78, 5) is 4.37. The maximum absolute atomic E-state index is 6.31. The lowest BCUT2D eigenvalue weighted by molar-refractivity contribution is 0.670. The van der Waals surface area contributed by atoms with Crippen LogP contribution in [0.4, 0.5) is 0 Å². The summed E-state index contributed by atoms with van der Waals surface area (Å²) in [5.74, 6) is 0. The van der Waals surface area contributed by atoms with Crippen molar-refractivity contribution >= 4 is 54.3 Å². The van der Waals surface area contributed by atoms with Gasteiger partial charge >= 0.3 is 0 Å². The van der Waals surface area contributed by atoms with Gasteiger partial charge in [-0.15, -0.1) is 0 Å². The second-order valence-electron chi connectivity index (χ2n) is 10.7. The zero-order chi connectivity index (χ0) is 26.9. The molecule has 0 atom stereocenters. The van der Waals surface area contributed by atoms with E-state index in [-0.39, 0.29) is 0 Å². The summed E-state index contributed by atoms with van der Waals surface area (Å²) in [6.45, 7) is 0. The highest BCUT2D eigenvalue weighted by atomic mass is 16.3. The molecule has 0 aliphatic carbocycles. The monoisotopic (exact) mass is 521 g/mol. The van der Waals surface area contributed by atoms with E-state index >= 15 is 0 Å². The first kappa shape index (κ1) is 22.4. The third-order valence-electron chi connectivity index (χ3n) is 8.55. The van der Waals surface area contributed by atoms with E-state index in [0.29, 0.717) is 0 Å². The Labute approximate surface area is 236 Å². The third-order valence-corrected chi connectivity index (χ3v) is 8.55. The lowest BCUT2D eigenvalue weighted by Crippen LogP contribution is -1.89. The summed E-state index contributed by atoms with van der Waals surface area (Å²) < 4.78 is 6.31. The summed E-state index contributed by atoms with van der Waals surface area (Å²) in [6, 6.07) is 45.8. The Morgan fingerprint density at radius 1 is 0.415 bits per heavy atom. The van der Waals surface area contributed by atoms with E-state index in [1.807, 2.05) is 30.6 Å². The lowest BCUT2D eigenvalue weighted by atomic mass is 9.87. The normalized spacial score (nSPS) is 11.9. The van der Waals surface area contributed by atoms with Crippen LogP contribution in [0.5, 0.6) is 0 Å². The van der Waals surface area contributed by atoms with Crippen molar-refractivity contribution in [3.63, 3.8) is 0 Å². The summed E-state index contributed by atoms with van der Waals surface area (Å²) >= 11 is 0. The van der Waals surface area contributed by atoms with Crippen LogP contribution in [0, 0.1) is 0 Å². The number of para-hydroxylation sites is 2. The maximum atomic E-state index is 6.31. The fraction of sp³-hybridized carbons (Fsp3) is 0. The molecular weight excluding hydrogens is 498 g/mol. The Bertz CT molecular complexity index is 2400. The standard InChI is InChI=1S/C39H23NO/c1-2-9-36-32(6-1)35-8-3-7-31(39(35)41-36)25-12-10-24(11-13-25)29-18-14-26-17-21-34-30(28-5-4-22-40-23-28)19-15-27-16-20-33(29)37(26)38(27)34/h1-23H. The van der Waals surface area contributed by atoms with Crippen LogP contribution >= 0.6 is 0 Å². The van der Waals surface area contributed by atoms with Crippen molar-refractivity contribution in [2.24, 2.45) is 0 Å². The number of fused-ring (bicyclic) bond motifs is 3. The molecule has 0 spiro atoms. The van der Waals surface area contributed by atoms with Crippen molar-refractivity contribution in [3.05, 3.63) is 140 Å². The largest absolute Gasteiger partial charge is 0.455 e. The molecule has 0 amide bonds. The number of pyridine rings is 1. The van der Waals surface area contributed by atoms with Crippen LogP contribution in [-0.4, -0.2) is 4.98 Å². The predicted molar refractivity (Wildman–Crippen MR) is 172 cm³/mol. The molecule has 0 saturated carbocycles. The number of nitrogens with zero attached hydrogens (tertiary/aromatic N) is 1. The molecule has 41 heavy (non-hydrogen) atoms. The van der Waals surface area contributed by atoms with Gasteiger partial charge in [0.1, 0.15) is 11.2 Å². The number of rotatable bonds is 3. The van der Waals surface area contributed by atoms with Gasteiger partial charge < -0.3 is 4.42 Å². The number of aromatic nitrogens is 1. The van der Waals surface area contributed by atoms with E-state index in [1.54, 1.807) is 0 Å². The highest BCUT2D eigenvalue weighted by Gasteiger charge is 2.16. The van der Waals surface area contributed by atoms with Crippen molar-refractivity contribution in [1.29, 1.82) is 0 Å². The molecule has 9 aromatic rings. The van der Waals surface area contributed by atoms with E-state index in [2.05, 4.69) is 114 Å². The van der Waals surface area contributed by atoms with Gasteiger partial charge in [0, 0.05) is 34.3 Å². The first-order valence-electron chi connectivity index (χ1n) is 14.0. The van der Waals surface area contributed by atoms with Crippen LogP contribution in [0.25, 0.3) is 87.6 Å². The Hall–Kier alpha value is -5.47. The molecule has 9 rings (SSSR count). The fourth-order valence-corrected chi connectivity index (χ4v) is 6.63. The molecule has 2 nitrogen and oxygen atoms in total. The fourth-order valence-electron chi connectivity index (χ4n) is 6.63. The van der Waals surface area contributed by atoms with Crippen molar-refractivity contribution in [2.45, 2.75) is 0 Å². The van der Waals surface area contributed by atoms with Gasteiger partial charge in [0.05, 0.1) is 0 Å². The second-order valence-corrected chi connectivity index (χ2v) is 10.7. The van der Waals surface area contributed by atoms with E-state index < -0.39 is 0 Å². The Morgan fingerprint density at radius 3 is 1.76 bits per heavy atom. The van der Waals surface area contributed by atoms with E-state index in [4.69, 9.17) is 4.42 Å². The Morgan fingerprint density at radius 2 is 1.05 bits per heavy atom. The molecule has 2 heteroatoms. The van der Waals surface area contributed by atoms with Crippen LogP contribution in [0.2, 0.25) is 0 Å². The molecule has 0 aliphatic heterocycles. The highest BCUT2D eigenvalue weighted by Crippen LogP contribution is 2.43. The predicted octanol–water partition coefficient (Wildman–Crippen LogP) is 10.9. The lowest BCUT2D eigenvalue weighted by Gasteiger charge is -2.16. The number of benzene rings is 7. The minimum Gasteiger partial charge on any atom is -0.455 e. The molecular formula is C39H23NO. The SMILES string of the molecule is c1cncc(-c2ccc3ccc4c(-c5ccc(-c6cccc7c6oc6ccccc67)cc5)ccc5ccc2c3c54)c1. The molecule has 0 aliphatic rings. The van der Waals surface area contributed by atoms with E-state index in [0.717, 1.165) is 38.6 Å². The minimum atomic E-state index is 0.923. The topological polar surface area (TPSA) is 26.0 Å². The summed E-state index contributed by atoms with van der Waals surface area (Å²) in [5.41, 5.74) is 8.93.